The van der Waals surface area contributed by atoms with Crippen molar-refractivity contribution in [3.8, 4) is 5.75 Å². The summed E-state index contributed by atoms with van der Waals surface area (Å²) in [5.74, 6) is 0.0820. The topological polar surface area (TPSA) is 75.4 Å². The normalized spacial score (nSPS) is 19.9. The summed E-state index contributed by atoms with van der Waals surface area (Å²) in [4.78, 5) is 10.4. The van der Waals surface area contributed by atoms with Crippen molar-refractivity contribution in [3.63, 3.8) is 0 Å². The van der Waals surface area contributed by atoms with E-state index >= 15 is 0 Å². The highest BCUT2D eigenvalue weighted by atomic mass is 16.6. The van der Waals surface area contributed by atoms with Crippen LogP contribution >= 0.6 is 0 Å². The van der Waals surface area contributed by atoms with Crippen LogP contribution in [0.1, 0.15) is 18.4 Å². The SMILES string of the molecule is O=[N+]([O-])c1ccc(O)cc1CC1CCCN1. The van der Waals surface area contributed by atoms with Crippen molar-refractivity contribution in [1.82, 2.24) is 5.32 Å². The van der Waals surface area contributed by atoms with Crippen LogP contribution in [0.5, 0.6) is 5.75 Å². The Balaban J connectivity index is 2.22. The van der Waals surface area contributed by atoms with E-state index in [0.717, 1.165) is 19.4 Å². The van der Waals surface area contributed by atoms with Crippen molar-refractivity contribution < 1.29 is 10.0 Å². The zero-order valence-corrected chi connectivity index (χ0v) is 8.85. The monoisotopic (exact) mass is 222 g/mol. The third-order valence-electron chi connectivity index (χ3n) is 2.89. The third kappa shape index (κ3) is 2.30. The molecule has 0 aromatic heterocycles. The largest absolute Gasteiger partial charge is 0.508 e. The minimum Gasteiger partial charge on any atom is -0.508 e. The fourth-order valence-electron chi connectivity index (χ4n) is 2.11. The van der Waals surface area contributed by atoms with Gasteiger partial charge < -0.3 is 10.4 Å². The predicted molar refractivity (Wildman–Crippen MR) is 59.5 cm³/mol. The van der Waals surface area contributed by atoms with Crippen molar-refractivity contribution in [1.29, 1.82) is 0 Å². The molecule has 5 nitrogen and oxygen atoms in total. The van der Waals surface area contributed by atoms with Crippen LogP contribution in [0.2, 0.25) is 0 Å². The Hall–Kier alpha value is -1.62. The molecular formula is C11H14N2O3. The van der Waals surface area contributed by atoms with Crippen LogP contribution in [0.3, 0.4) is 0 Å². The maximum absolute atomic E-state index is 10.8. The fraction of sp³-hybridized carbons (Fsp3) is 0.455. The lowest BCUT2D eigenvalue weighted by Crippen LogP contribution is -2.23. The van der Waals surface area contributed by atoms with Gasteiger partial charge in [0.25, 0.3) is 5.69 Å². The molecule has 0 radical (unpaired) electrons. The molecule has 5 heteroatoms. The van der Waals surface area contributed by atoms with Crippen LogP contribution in [0, 0.1) is 10.1 Å². The summed E-state index contributed by atoms with van der Waals surface area (Å²) in [5, 5.41) is 23.4. The van der Waals surface area contributed by atoms with E-state index in [1.165, 1.54) is 18.2 Å². The van der Waals surface area contributed by atoms with Gasteiger partial charge >= 0.3 is 0 Å². The molecule has 1 aromatic carbocycles. The van der Waals surface area contributed by atoms with Crippen LogP contribution in [0.4, 0.5) is 5.69 Å². The molecule has 1 fully saturated rings. The number of hydrogen-bond acceptors (Lipinski definition) is 4. The van der Waals surface area contributed by atoms with Gasteiger partial charge in [-0.25, -0.2) is 0 Å². The van der Waals surface area contributed by atoms with E-state index < -0.39 is 4.92 Å². The van der Waals surface area contributed by atoms with Gasteiger partial charge in [0.15, 0.2) is 0 Å². The Morgan fingerprint density at radius 3 is 3.00 bits per heavy atom. The highest BCUT2D eigenvalue weighted by Gasteiger charge is 2.20. The molecule has 0 saturated carbocycles. The molecule has 0 bridgehead atoms. The number of nitrogens with zero attached hydrogens (tertiary/aromatic N) is 1. The highest BCUT2D eigenvalue weighted by molar-refractivity contribution is 5.45. The molecule has 1 aliphatic rings. The van der Waals surface area contributed by atoms with Gasteiger partial charge in [-0.1, -0.05) is 0 Å². The predicted octanol–water partition coefficient (Wildman–Crippen LogP) is 1.59. The van der Waals surface area contributed by atoms with Gasteiger partial charge in [0.05, 0.1) is 4.92 Å². The smallest absolute Gasteiger partial charge is 0.272 e. The molecule has 16 heavy (non-hydrogen) atoms. The first-order valence-corrected chi connectivity index (χ1v) is 5.36. The number of nitro groups is 1. The van der Waals surface area contributed by atoms with Crippen molar-refractivity contribution in [2.24, 2.45) is 0 Å². The maximum Gasteiger partial charge on any atom is 0.272 e. The zero-order chi connectivity index (χ0) is 11.5. The number of aromatic hydroxyl groups is 1. The average Bonchev–Trinajstić information content (AvgIpc) is 2.70. The minimum absolute atomic E-state index is 0.0820. The van der Waals surface area contributed by atoms with Gasteiger partial charge in [-0.15, -0.1) is 0 Å². The number of phenols is 1. The third-order valence-corrected chi connectivity index (χ3v) is 2.89. The Labute approximate surface area is 93.2 Å². The molecule has 86 valence electrons. The lowest BCUT2D eigenvalue weighted by molar-refractivity contribution is -0.385. The fourth-order valence-corrected chi connectivity index (χ4v) is 2.11. The Morgan fingerprint density at radius 2 is 2.38 bits per heavy atom. The molecule has 1 unspecified atom stereocenters. The summed E-state index contributed by atoms with van der Waals surface area (Å²) >= 11 is 0. The van der Waals surface area contributed by atoms with E-state index in [1.54, 1.807) is 0 Å². The van der Waals surface area contributed by atoms with Crippen molar-refractivity contribution >= 4 is 5.69 Å². The Bertz CT molecular complexity index is 400. The van der Waals surface area contributed by atoms with Crippen LogP contribution in [0.15, 0.2) is 18.2 Å². The Kier molecular flexibility index (Phi) is 3.05. The number of nitrogens with one attached hydrogen (secondary N) is 1. The first-order valence-electron chi connectivity index (χ1n) is 5.36. The molecule has 1 atom stereocenters. The molecule has 1 saturated heterocycles. The van der Waals surface area contributed by atoms with Crippen molar-refractivity contribution in [3.05, 3.63) is 33.9 Å². The van der Waals surface area contributed by atoms with Crippen LogP contribution in [-0.2, 0) is 6.42 Å². The van der Waals surface area contributed by atoms with Crippen LogP contribution in [-0.4, -0.2) is 22.6 Å². The van der Waals surface area contributed by atoms with E-state index in [-0.39, 0.29) is 11.4 Å². The lowest BCUT2D eigenvalue weighted by Gasteiger charge is -2.10. The minimum atomic E-state index is -0.399. The van der Waals surface area contributed by atoms with Gasteiger partial charge in [-0.05, 0) is 37.9 Å². The molecule has 1 heterocycles. The van der Waals surface area contributed by atoms with Gasteiger partial charge in [0.2, 0.25) is 0 Å². The summed E-state index contributed by atoms with van der Waals surface area (Å²) in [6, 6.07) is 4.49. The van der Waals surface area contributed by atoms with Gasteiger partial charge in [-0.3, -0.25) is 10.1 Å². The molecule has 2 rings (SSSR count). The second-order valence-corrected chi connectivity index (χ2v) is 4.07. The maximum atomic E-state index is 10.8. The van der Waals surface area contributed by atoms with E-state index in [4.69, 9.17) is 0 Å². The molecule has 1 aliphatic heterocycles. The lowest BCUT2D eigenvalue weighted by atomic mass is 10.0. The van der Waals surface area contributed by atoms with Crippen molar-refractivity contribution in [2.45, 2.75) is 25.3 Å². The van der Waals surface area contributed by atoms with Crippen LogP contribution in [0.25, 0.3) is 0 Å². The second-order valence-electron chi connectivity index (χ2n) is 4.07. The second kappa shape index (κ2) is 4.49. The molecule has 0 spiro atoms. The molecule has 0 aliphatic carbocycles. The van der Waals surface area contributed by atoms with Crippen LogP contribution < -0.4 is 5.32 Å². The van der Waals surface area contributed by atoms with Crippen molar-refractivity contribution in [2.75, 3.05) is 6.54 Å². The van der Waals surface area contributed by atoms with E-state index in [9.17, 15) is 15.2 Å². The van der Waals surface area contributed by atoms with Gasteiger partial charge in [-0.2, -0.15) is 0 Å². The van der Waals surface area contributed by atoms with E-state index in [1.807, 2.05) is 0 Å². The number of phenolic OH excluding ortho intramolecular Hbond substituents is 1. The van der Waals surface area contributed by atoms with Gasteiger partial charge in [0.1, 0.15) is 5.75 Å². The standard InChI is InChI=1S/C11H14N2O3/c14-10-3-4-11(13(15)16)8(7-10)6-9-2-1-5-12-9/h3-4,7,9,12,14H,1-2,5-6H2. The van der Waals surface area contributed by atoms with E-state index in [0.29, 0.717) is 18.0 Å². The number of hydrogen-bond donors (Lipinski definition) is 2. The molecular weight excluding hydrogens is 208 g/mol. The summed E-state index contributed by atoms with van der Waals surface area (Å²) in [6.45, 7) is 0.970. The summed E-state index contributed by atoms with van der Waals surface area (Å²) in [5.41, 5.74) is 0.691. The summed E-state index contributed by atoms with van der Waals surface area (Å²) < 4.78 is 0. The van der Waals surface area contributed by atoms with Gasteiger partial charge in [0, 0.05) is 17.7 Å². The summed E-state index contributed by atoms with van der Waals surface area (Å²) in [7, 11) is 0. The first-order chi connectivity index (χ1) is 7.66. The quantitative estimate of drug-likeness (QED) is 0.601. The zero-order valence-electron chi connectivity index (χ0n) is 8.85. The molecule has 0 amide bonds. The number of benzene rings is 1. The molecule has 1 aromatic rings. The number of nitro benzene ring substituents is 1. The highest BCUT2D eigenvalue weighted by Crippen LogP contribution is 2.25. The molecule has 2 N–H and O–H groups in total. The number of rotatable bonds is 3. The average molecular weight is 222 g/mol. The summed E-state index contributed by atoms with van der Waals surface area (Å²) in [6.07, 6.45) is 2.74. The Morgan fingerprint density at radius 1 is 1.56 bits per heavy atom. The first kappa shape index (κ1) is 10.9. The van der Waals surface area contributed by atoms with E-state index in [2.05, 4.69) is 5.32 Å².